The fourth-order valence-corrected chi connectivity index (χ4v) is 1.96. The number of rotatable bonds is 2. The lowest BCUT2D eigenvalue weighted by atomic mass is 9.96. The van der Waals surface area contributed by atoms with Gasteiger partial charge in [0.25, 0.3) is 0 Å². The predicted octanol–water partition coefficient (Wildman–Crippen LogP) is 2.40. The first-order valence-electron chi connectivity index (χ1n) is 3.52. The highest BCUT2D eigenvalue weighted by molar-refractivity contribution is 9.11. The molecule has 1 nitrogen and oxygen atoms in total. The Kier molecular flexibility index (Phi) is 3.65. The van der Waals surface area contributed by atoms with E-state index in [0.29, 0.717) is 12.1 Å². The van der Waals surface area contributed by atoms with Crippen LogP contribution in [0.5, 0.6) is 5.75 Å². The normalized spacial score (nSPS) is 9.92. The van der Waals surface area contributed by atoms with Crippen molar-refractivity contribution in [2.45, 2.75) is 6.92 Å². The van der Waals surface area contributed by atoms with Gasteiger partial charge in [-0.25, -0.2) is 0 Å². The van der Waals surface area contributed by atoms with E-state index in [1.807, 2.05) is 19.1 Å². The zero-order valence-corrected chi connectivity index (χ0v) is 9.78. The fraction of sp³-hybridized carbons (Fsp3) is 0.250. The Morgan fingerprint density at radius 1 is 1.33 bits per heavy atom. The second kappa shape index (κ2) is 4.33. The van der Waals surface area contributed by atoms with Crippen LogP contribution in [0.2, 0.25) is 0 Å². The van der Waals surface area contributed by atoms with E-state index in [4.69, 9.17) is 12.6 Å². The molecular weight excluding hydrogens is 283 g/mol. The minimum atomic E-state index is 0.656. The van der Waals surface area contributed by atoms with Gasteiger partial charge in [-0.05, 0) is 19.1 Å². The van der Waals surface area contributed by atoms with E-state index in [1.54, 1.807) is 0 Å². The van der Waals surface area contributed by atoms with Crippen LogP contribution in [0.4, 0.5) is 0 Å². The lowest BCUT2D eigenvalue weighted by Crippen LogP contribution is -2.07. The molecule has 0 bridgehead atoms. The smallest absolute Gasteiger partial charge is 0.121 e. The molecule has 0 fully saturated rings. The summed E-state index contributed by atoms with van der Waals surface area (Å²) in [4.78, 5) is 0. The quantitative estimate of drug-likeness (QED) is 0.760. The largest absolute Gasteiger partial charge is 0.494 e. The monoisotopic (exact) mass is 288 g/mol. The van der Waals surface area contributed by atoms with Crippen molar-refractivity contribution in [2.24, 2.45) is 0 Å². The zero-order valence-electron chi connectivity index (χ0n) is 6.60. The Balaban J connectivity index is 3.04. The molecule has 0 aromatic heterocycles. The molecule has 0 saturated carbocycles. The lowest BCUT2D eigenvalue weighted by Gasteiger charge is -2.07. The SMILES string of the molecule is [B]c1c(Br)cc(OCC)cc1Br. The molecule has 0 atom stereocenters. The molecule has 0 aliphatic heterocycles. The van der Waals surface area contributed by atoms with E-state index in [1.165, 1.54) is 0 Å². The van der Waals surface area contributed by atoms with Gasteiger partial charge in [0.2, 0.25) is 0 Å². The van der Waals surface area contributed by atoms with Crippen molar-refractivity contribution in [3.8, 4) is 5.75 Å². The van der Waals surface area contributed by atoms with Crippen molar-refractivity contribution in [3.05, 3.63) is 21.1 Å². The van der Waals surface area contributed by atoms with Gasteiger partial charge in [-0.2, -0.15) is 0 Å². The van der Waals surface area contributed by atoms with Crippen LogP contribution in [0.15, 0.2) is 21.1 Å². The first-order chi connectivity index (χ1) is 5.65. The van der Waals surface area contributed by atoms with E-state index in [0.717, 1.165) is 14.7 Å². The maximum absolute atomic E-state index is 5.70. The molecule has 0 amide bonds. The Morgan fingerprint density at radius 2 is 1.83 bits per heavy atom. The van der Waals surface area contributed by atoms with Crippen LogP contribution in [0.25, 0.3) is 0 Å². The van der Waals surface area contributed by atoms with E-state index in [2.05, 4.69) is 31.9 Å². The highest BCUT2D eigenvalue weighted by Crippen LogP contribution is 2.22. The molecule has 1 aromatic rings. The van der Waals surface area contributed by atoms with Crippen LogP contribution in [0.1, 0.15) is 6.92 Å². The summed E-state index contributed by atoms with van der Waals surface area (Å²) in [6, 6.07) is 3.70. The summed E-state index contributed by atoms with van der Waals surface area (Å²) in [6.45, 7) is 2.60. The summed E-state index contributed by atoms with van der Waals surface area (Å²) in [6.07, 6.45) is 0. The van der Waals surface area contributed by atoms with Crippen LogP contribution in [0, 0.1) is 0 Å². The molecule has 2 radical (unpaired) electrons. The molecule has 0 aliphatic carbocycles. The van der Waals surface area contributed by atoms with Crippen molar-refractivity contribution in [2.75, 3.05) is 6.61 Å². The third-order valence-corrected chi connectivity index (χ3v) is 2.68. The minimum Gasteiger partial charge on any atom is -0.494 e. The Hall–Kier alpha value is 0.0449. The summed E-state index contributed by atoms with van der Waals surface area (Å²) in [5.41, 5.74) is 0.693. The number of hydrogen-bond donors (Lipinski definition) is 0. The topological polar surface area (TPSA) is 9.23 Å². The average Bonchev–Trinajstić information content (AvgIpc) is 2.01. The summed E-state index contributed by atoms with van der Waals surface area (Å²) in [5.74, 6) is 0.811. The number of halogens is 2. The van der Waals surface area contributed by atoms with Gasteiger partial charge in [0.1, 0.15) is 13.6 Å². The Morgan fingerprint density at radius 3 is 2.25 bits per heavy atom. The van der Waals surface area contributed by atoms with Crippen LogP contribution >= 0.6 is 31.9 Å². The number of benzene rings is 1. The summed E-state index contributed by atoms with van der Waals surface area (Å²) in [7, 11) is 5.70. The fourth-order valence-electron chi connectivity index (χ4n) is 0.811. The molecule has 0 N–H and O–H groups in total. The standard InChI is InChI=1S/C8H7BBr2O/c1-2-12-5-3-6(10)8(9)7(11)4-5/h3-4H,2H2,1H3. The van der Waals surface area contributed by atoms with Gasteiger partial charge in [-0.1, -0.05) is 37.3 Å². The molecule has 0 unspecified atom stereocenters. The van der Waals surface area contributed by atoms with Crippen LogP contribution in [-0.4, -0.2) is 14.5 Å². The molecule has 0 aliphatic rings. The Bertz CT molecular complexity index is 265. The minimum absolute atomic E-state index is 0.656. The van der Waals surface area contributed by atoms with Crippen LogP contribution in [-0.2, 0) is 0 Å². The third kappa shape index (κ3) is 2.27. The van der Waals surface area contributed by atoms with E-state index in [9.17, 15) is 0 Å². The summed E-state index contributed by atoms with van der Waals surface area (Å²) in [5, 5.41) is 0. The highest BCUT2D eigenvalue weighted by atomic mass is 79.9. The van der Waals surface area contributed by atoms with Crippen molar-refractivity contribution in [1.82, 2.24) is 0 Å². The molecule has 4 heteroatoms. The van der Waals surface area contributed by atoms with Gasteiger partial charge in [-0.3, -0.25) is 0 Å². The second-order valence-corrected chi connectivity index (χ2v) is 3.94. The van der Waals surface area contributed by atoms with Crippen molar-refractivity contribution in [1.29, 1.82) is 0 Å². The van der Waals surface area contributed by atoms with Gasteiger partial charge < -0.3 is 4.74 Å². The Labute approximate surface area is 90.2 Å². The van der Waals surface area contributed by atoms with Crippen LogP contribution in [0.3, 0.4) is 0 Å². The van der Waals surface area contributed by atoms with Gasteiger partial charge in [-0.15, -0.1) is 0 Å². The van der Waals surface area contributed by atoms with E-state index in [-0.39, 0.29) is 0 Å². The predicted molar refractivity (Wildman–Crippen MR) is 58.4 cm³/mol. The summed E-state index contributed by atoms with van der Waals surface area (Å²) < 4.78 is 7.00. The van der Waals surface area contributed by atoms with Gasteiger partial charge in [0.05, 0.1) is 6.61 Å². The molecule has 0 saturated heterocycles. The van der Waals surface area contributed by atoms with Crippen molar-refractivity contribution in [3.63, 3.8) is 0 Å². The van der Waals surface area contributed by atoms with Gasteiger partial charge in [0.15, 0.2) is 0 Å². The van der Waals surface area contributed by atoms with E-state index < -0.39 is 0 Å². The average molecular weight is 290 g/mol. The second-order valence-electron chi connectivity index (χ2n) is 2.23. The highest BCUT2D eigenvalue weighted by Gasteiger charge is 2.02. The molecule has 1 aromatic carbocycles. The van der Waals surface area contributed by atoms with E-state index >= 15 is 0 Å². The van der Waals surface area contributed by atoms with Crippen LogP contribution < -0.4 is 10.2 Å². The van der Waals surface area contributed by atoms with Gasteiger partial charge >= 0.3 is 0 Å². The van der Waals surface area contributed by atoms with Crippen molar-refractivity contribution >= 4 is 45.2 Å². The number of ether oxygens (including phenoxy) is 1. The molecule has 1 rings (SSSR count). The molecule has 62 valence electrons. The first-order valence-corrected chi connectivity index (χ1v) is 5.11. The molecular formula is C8H7BBr2O. The molecule has 0 heterocycles. The van der Waals surface area contributed by atoms with Gasteiger partial charge in [0, 0.05) is 8.95 Å². The maximum atomic E-state index is 5.70. The van der Waals surface area contributed by atoms with Crippen molar-refractivity contribution < 1.29 is 4.74 Å². The first kappa shape index (κ1) is 10.1. The number of hydrogen-bond acceptors (Lipinski definition) is 1. The molecule has 0 spiro atoms. The zero-order chi connectivity index (χ0) is 9.14. The maximum Gasteiger partial charge on any atom is 0.121 e. The summed E-state index contributed by atoms with van der Waals surface area (Å²) >= 11 is 6.66. The third-order valence-electron chi connectivity index (χ3n) is 1.36. The molecule has 12 heavy (non-hydrogen) atoms. The lowest BCUT2D eigenvalue weighted by molar-refractivity contribution is 0.340.